The van der Waals surface area contributed by atoms with Crippen molar-refractivity contribution in [3.8, 4) is 0 Å². The third-order valence-corrected chi connectivity index (χ3v) is 9.89. The van der Waals surface area contributed by atoms with E-state index < -0.39 is 36.0 Å². The van der Waals surface area contributed by atoms with Crippen LogP contribution in [0.4, 0.5) is 4.79 Å². The summed E-state index contributed by atoms with van der Waals surface area (Å²) in [4.78, 5) is 39.4. The molecule has 10 nitrogen and oxygen atoms in total. The molecule has 47 heavy (non-hydrogen) atoms. The average molecular weight is 653 g/mol. The van der Waals surface area contributed by atoms with Crippen LogP contribution in [0.25, 0.3) is 0 Å². The molecule has 0 bridgehead atoms. The number of amides is 1. The van der Waals surface area contributed by atoms with Crippen molar-refractivity contribution in [2.75, 3.05) is 26.2 Å². The second-order valence-electron chi connectivity index (χ2n) is 14.0. The Kier molecular flexibility index (Phi) is 13.6. The predicted molar refractivity (Wildman–Crippen MR) is 182 cm³/mol. The third-order valence-electron chi connectivity index (χ3n) is 9.89. The van der Waals surface area contributed by atoms with Gasteiger partial charge in [0.05, 0.1) is 12.5 Å². The van der Waals surface area contributed by atoms with Crippen LogP contribution in [0, 0.1) is 12.8 Å². The maximum absolute atomic E-state index is 13.4. The number of esters is 1. The molecule has 6 atom stereocenters. The summed E-state index contributed by atoms with van der Waals surface area (Å²) in [5.74, 6) is -0.100. The first-order valence-electron chi connectivity index (χ1n) is 17.6. The largest absolute Gasteiger partial charge is 0.457 e. The molecule has 2 fully saturated rings. The van der Waals surface area contributed by atoms with E-state index in [4.69, 9.17) is 9.47 Å². The summed E-state index contributed by atoms with van der Waals surface area (Å²) in [6.45, 7) is 12.2. The minimum Gasteiger partial charge on any atom is -0.457 e. The van der Waals surface area contributed by atoms with Gasteiger partial charge < -0.3 is 24.6 Å². The fourth-order valence-corrected chi connectivity index (χ4v) is 6.77. The van der Waals surface area contributed by atoms with Crippen LogP contribution < -0.4 is 0 Å². The van der Waals surface area contributed by atoms with E-state index >= 15 is 0 Å². The van der Waals surface area contributed by atoms with Crippen molar-refractivity contribution >= 4 is 12.1 Å². The SMILES string of the molecule is C/C(=C\C=C\C(C)c1nccc(C)n1)[C@H]1OC(=O)C[C@@H](O)CC[C@](C)(O)[C@H](OC(=O)N2CCN(C3CCCCCC3)CC2)/C=C/[C@@H]1C. The van der Waals surface area contributed by atoms with Crippen molar-refractivity contribution in [1.29, 1.82) is 0 Å². The second kappa shape index (κ2) is 17.4. The molecule has 1 aromatic rings. The Labute approximate surface area is 280 Å². The van der Waals surface area contributed by atoms with Gasteiger partial charge in [0.25, 0.3) is 0 Å². The molecule has 2 N–H and O–H groups in total. The lowest BCUT2D eigenvalue weighted by molar-refractivity contribution is -0.151. The first-order chi connectivity index (χ1) is 22.4. The molecule has 0 radical (unpaired) electrons. The van der Waals surface area contributed by atoms with E-state index in [2.05, 4.69) is 14.9 Å². The second-order valence-corrected chi connectivity index (χ2v) is 14.0. The topological polar surface area (TPSA) is 125 Å². The Bertz CT molecular complexity index is 1260. The molecule has 2 aliphatic heterocycles. The quantitative estimate of drug-likeness (QED) is 0.174. The maximum atomic E-state index is 13.4. The van der Waals surface area contributed by atoms with Gasteiger partial charge in [0.1, 0.15) is 17.5 Å². The van der Waals surface area contributed by atoms with Crippen molar-refractivity contribution in [3.63, 3.8) is 0 Å². The molecule has 3 aliphatic rings. The number of nitrogens with zero attached hydrogens (tertiary/aromatic N) is 4. The highest BCUT2D eigenvalue weighted by atomic mass is 16.6. The first kappa shape index (κ1) is 36.8. The van der Waals surface area contributed by atoms with E-state index in [9.17, 15) is 19.8 Å². The Morgan fingerprint density at radius 3 is 2.51 bits per heavy atom. The fraction of sp³-hybridized carbons (Fsp3) is 0.676. The molecular formula is C37H56N4O6. The summed E-state index contributed by atoms with van der Waals surface area (Å²) < 4.78 is 11.9. The van der Waals surface area contributed by atoms with Gasteiger partial charge in [-0.25, -0.2) is 14.8 Å². The number of aliphatic hydroxyl groups is 2. The van der Waals surface area contributed by atoms with Gasteiger partial charge >= 0.3 is 12.1 Å². The van der Waals surface area contributed by atoms with E-state index in [0.29, 0.717) is 19.1 Å². The highest BCUT2D eigenvalue weighted by molar-refractivity contribution is 5.70. The average Bonchev–Trinajstić information content (AvgIpc) is 3.34. The van der Waals surface area contributed by atoms with Crippen LogP contribution in [-0.4, -0.2) is 98.2 Å². The number of hydrogen-bond acceptors (Lipinski definition) is 9. The number of carbonyl (C=O) groups excluding carboxylic acids is 2. The molecule has 4 rings (SSSR count). The summed E-state index contributed by atoms with van der Waals surface area (Å²) in [5, 5.41) is 22.2. The molecule has 1 saturated carbocycles. The molecule has 1 aliphatic carbocycles. The van der Waals surface area contributed by atoms with E-state index in [1.165, 1.54) is 38.5 Å². The van der Waals surface area contributed by atoms with Gasteiger partial charge in [-0.15, -0.1) is 0 Å². The van der Waals surface area contributed by atoms with Gasteiger partial charge in [-0.05, 0) is 64.2 Å². The normalized spacial score (nSPS) is 30.9. The van der Waals surface area contributed by atoms with E-state index in [0.717, 1.165) is 30.2 Å². The van der Waals surface area contributed by atoms with Gasteiger partial charge in [-0.3, -0.25) is 9.69 Å². The third kappa shape index (κ3) is 11.0. The highest BCUT2D eigenvalue weighted by Gasteiger charge is 2.37. The van der Waals surface area contributed by atoms with Crippen LogP contribution in [0.2, 0.25) is 0 Å². The maximum Gasteiger partial charge on any atom is 0.410 e. The van der Waals surface area contributed by atoms with Crippen LogP contribution in [0.1, 0.15) is 103 Å². The van der Waals surface area contributed by atoms with E-state index in [1.807, 2.05) is 58.1 Å². The Morgan fingerprint density at radius 1 is 1.13 bits per heavy atom. The molecule has 10 heteroatoms. The van der Waals surface area contributed by atoms with E-state index in [1.54, 1.807) is 24.1 Å². The van der Waals surface area contributed by atoms with Crippen molar-refractivity contribution in [2.24, 2.45) is 5.92 Å². The van der Waals surface area contributed by atoms with Gasteiger partial charge in [0, 0.05) is 55.9 Å². The Balaban J connectivity index is 1.46. The number of hydrogen-bond donors (Lipinski definition) is 2. The number of allylic oxidation sites excluding steroid dienone is 3. The fourth-order valence-electron chi connectivity index (χ4n) is 6.77. The van der Waals surface area contributed by atoms with Crippen LogP contribution in [-0.2, 0) is 14.3 Å². The molecule has 1 saturated heterocycles. The Hall–Kier alpha value is -3.08. The summed E-state index contributed by atoms with van der Waals surface area (Å²) >= 11 is 0. The van der Waals surface area contributed by atoms with Crippen LogP contribution in [0.15, 0.2) is 48.2 Å². The van der Waals surface area contributed by atoms with Crippen molar-refractivity contribution < 1.29 is 29.3 Å². The van der Waals surface area contributed by atoms with Gasteiger partial charge in [-0.2, -0.15) is 0 Å². The monoisotopic (exact) mass is 652 g/mol. The number of aliphatic hydroxyl groups excluding tert-OH is 1. The molecular weight excluding hydrogens is 596 g/mol. The van der Waals surface area contributed by atoms with Crippen LogP contribution in [0.3, 0.4) is 0 Å². The molecule has 3 heterocycles. The minimum absolute atomic E-state index is 0.0114. The lowest BCUT2D eigenvalue weighted by atomic mass is 9.88. The highest BCUT2D eigenvalue weighted by Crippen LogP contribution is 2.28. The van der Waals surface area contributed by atoms with Crippen molar-refractivity contribution in [1.82, 2.24) is 19.8 Å². The predicted octanol–water partition coefficient (Wildman–Crippen LogP) is 5.64. The zero-order chi connectivity index (χ0) is 34.0. The number of piperazine rings is 1. The summed E-state index contributed by atoms with van der Waals surface area (Å²) in [6, 6.07) is 2.46. The molecule has 0 aromatic carbocycles. The molecule has 0 spiro atoms. The standard InChI is InChI=1S/C37H56N4O6/c1-26(11-10-12-28(3)35-38-20-18-29(4)39-35)34-27(2)15-16-32(37(5,45)19-17-31(42)25-33(43)47-34)46-36(44)41-23-21-40(22-24-41)30-13-8-6-7-9-14-30/h10-12,15-16,18,20,27-28,30-32,34,42,45H,6-9,13-14,17,19,21-25H2,1-5H3/b12-10+,16-15+,26-11+/t27-,28?,31-,32+,34+,37-/m0/s1. The number of rotatable bonds is 6. The molecule has 1 amide bonds. The van der Waals surface area contributed by atoms with Crippen molar-refractivity contribution in [2.45, 2.75) is 128 Å². The summed E-state index contributed by atoms with van der Waals surface area (Å²) in [7, 11) is 0. The van der Waals surface area contributed by atoms with Crippen LogP contribution in [0.5, 0.6) is 0 Å². The van der Waals surface area contributed by atoms with Gasteiger partial charge in [0.15, 0.2) is 6.10 Å². The Morgan fingerprint density at radius 2 is 1.83 bits per heavy atom. The van der Waals surface area contributed by atoms with Crippen molar-refractivity contribution in [3.05, 3.63) is 59.7 Å². The number of cyclic esters (lactones) is 1. The molecule has 1 unspecified atom stereocenters. The minimum atomic E-state index is -1.45. The first-order valence-corrected chi connectivity index (χ1v) is 17.6. The lowest BCUT2D eigenvalue weighted by Crippen LogP contribution is -2.53. The van der Waals surface area contributed by atoms with Crippen LogP contribution >= 0.6 is 0 Å². The number of aryl methyl sites for hydroxylation is 1. The zero-order valence-electron chi connectivity index (χ0n) is 29.0. The summed E-state index contributed by atoms with van der Waals surface area (Å²) in [5.41, 5.74) is 0.262. The number of carbonyl (C=O) groups is 2. The molecule has 260 valence electrons. The lowest BCUT2D eigenvalue weighted by Gasteiger charge is -2.40. The van der Waals surface area contributed by atoms with E-state index in [-0.39, 0.29) is 31.1 Å². The number of ether oxygens (including phenoxy) is 2. The smallest absolute Gasteiger partial charge is 0.410 e. The molecule has 1 aromatic heterocycles. The van der Waals surface area contributed by atoms with Gasteiger partial charge in [-0.1, -0.05) is 63.8 Å². The van der Waals surface area contributed by atoms with Gasteiger partial charge in [0.2, 0.25) is 0 Å². The summed E-state index contributed by atoms with van der Waals surface area (Å²) in [6.07, 6.45) is 15.8. The zero-order valence-corrected chi connectivity index (χ0v) is 29.0. The number of aromatic nitrogens is 2.